The highest BCUT2D eigenvalue weighted by atomic mass is 35.5. The lowest BCUT2D eigenvalue weighted by Gasteiger charge is -2.19. The van der Waals surface area contributed by atoms with E-state index >= 15 is 0 Å². The van der Waals surface area contributed by atoms with Crippen LogP contribution in [0.25, 0.3) is 0 Å². The van der Waals surface area contributed by atoms with Gasteiger partial charge in [0.05, 0.1) is 18.2 Å². The van der Waals surface area contributed by atoms with Gasteiger partial charge in [0.15, 0.2) is 0 Å². The van der Waals surface area contributed by atoms with Crippen LogP contribution in [0.3, 0.4) is 0 Å². The van der Waals surface area contributed by atoms with Crippen molar-refractivity contribution in [2.45, 2.75) is 13.0 Å². The normalized spacial score (nSPS) is 12.2. The Kier molecular flexibility index (Phi) is 4.92. The van der Waals surface area contributed by atoms with Gasteiger partial charge in [-0.05, 0) is 48.9 Å². The van der Waals surface area contributed by atoms with Gasteiger partial charge in [-0.1, -0.05) is 41.4 Å². The Morgan fingerprint density at radius 2 is 1.80 bits per heavy atom. The topological polar surface area (TPSA) is 21.3 Å². The van der Waals surface area contributed by atoms with E-state index in [0.29, 0.717) is 10.8 Å². The van der Waals surface area contributed by atoms with Gasteiger partial charge in [0.25, 0.3) is 0 Å². The molecule has 0 amide bonds. The molecule has 0 bridgehead atoms. The minimum absolute atomic E-state index is 0.00786. The van der Waals surface area contributed by atoms with Crippen molar-refractivity contribution in [2.24, 2.45) is 0 Å². The third-order valence-electron chi connectivity index (χ3n) is 3.26. The van der Waals surface area contributed by atoms with Gasteiger partial charge in [-0.25, -0.2) is 0 Å². The lowest BCUT2D eigenvalue weighted by atomic mass is 9.98. The van der Waals surface area contributed by atoms with Crippen LogP contribution in [0, 0.1) is 6.92 Å². The summed E-state index contributed by atoms with van der Waals surface area (Å²) in [6.45, 7) is 2.02. The summed E-state index contributed by atoms with van der Waals surface area (Å²) >= 11 is 12.6. The number of rotatable bonds is 4. The van der Waals surface area contributed by atoms with Crippen molar-refractivity contribution < 1.29 is 4.74 Å². The molecule has 0 fully saturated rings. The second-order valence-electron chi connectivity index (χ2n) is 4.64. The van der Waals surface area contributed by atoms with E-state index in [1.165, 1.54) is 0 Å². The Morgan fingerprint density at radius 1 is 1.05 bits per heavy atom. The Balaban J connectivity index is 2.44. The van der Waals surface area contributed by atoms with Crippen molar-refractivity contribution in [3.8, 4) is 5.75 Å². The Morgan fingerprint density at radius 3 is 2.35 bits per heavy atom. The molecular formula is C16H17Cl2NO. The van der Waals surface area contributed by atoms with E-state index in [9.17, 15) is 0 Å². The fraction of sp³-hybridized carbons (Fsp3) is 0.250. The predicted molar refractivity (Wildman–Crippen MR) is 85.1 cm³/mol. The maximum Gasteiger partial charge on any atom is 0.137 e. The number of hydrogen-bond acceptors (Lipinski definition) is 2. The summed E-state index contributed by atoms with van der Waals surface area (Å²) in [5.41, 5.74) is 3.21. The third-order valence-corrected chi connectivity index (χ3v) is 3.89. The molecule has 0 saturated carbocycles. The zero-order valence-corrected chi connectivity index (χ0v) is 13.2. The number of benzene rings is 2. The lowest BCUT2D eigenvalue weighted by Crippen LogP contribution is -2.18. The van der Waals surface area contributed by atoms with E-state index < -0.39 is 0 Å². The molecule has 0 heterocycles. The largest absolute Gasteiger partial charge is 0.495 e. The molecule has 0 aliphatic rings. The molecule has 1 unspecified atom stereocenters. The van der Waals surface area contributed by atoms with Gasteiger partial charge in [-0.2, -0.15) is 0 Å². The molecule has 0 aliphatic carbocycles. The second-order valence-corrected chi connectivity index (χ2v) is 5.46. The summed E-state index contributed by atoms with van der Waals surface area (Å²) in [5, 5.41) is 4.61. The summed E-state index contributed by atoms with van der Waals surface area (Å²) in [5.74, 6) is 0.667. The van der Waals surface area contributed by atoms with E-state index in [1.54, 1.807) is 7.11 Å². The van der Waals surface area contributed by atoms with Crippen LogP contribution in [0.15, 0.2) is 36.4 Å². The fourth-order valence-electron chi connectivity index (χ4n) is 2.23. The van der Waals surface area contributed by atoms with Gasteiger partial charge in [-0.3, -0.25) is 0 Å². The minimum atomic E-state index is -0.00786. The van der Waals surface area contributed by atoms with Crippen LogP contribution in [0.2, 0.25) is 10.0 Å². The molecule has 4 heteroatoms. The Bertz CT molecular complexity index is 613. The van der Waals surface area contributed by atoms with Gasteiger partial charge in [0.2, 0.25) is 0 Å². The van der Waals surface area contributed by atoms with E-state index in [-0.39, 0.29) is 6.04 Å². The van der Waals surface area contributed by atoms with Crippen molar-refractivity contribution in [3.63, 3.8) is 0 Å². The summed E-state index contributed by atoms with van der Waals surface area (Å²) in [4.78, 5) is 0. The number of halogens is 2. The highest BCUT2D eigenvalue weighted by molar-refractivity contribution is 6.32. The van der Waals surface area contributed by atoms with Crippen molar-refractivity contribution in [1.29, 1.82) is 0 Å². The molecule has 1 N–H and O–H groups in total. The second kappa shape index (κ2) is 6.49. The number of aryl methyl sites for hydroxylation is 1. The summed E-state index contributed by atoms with van der Waals surface area (Å²) in [6, 6.07) is 11.8. The first-order valence-corrected chi connectivity index (χ1v) is 7.09. The molecule has 106 valence electrons. The standard InChI is InChI=1S/C16H17Cl2NO/c1-10-4-6-12(13(17)8-10)16(19-2)11-5-7-15(20-3)14(18)9-11/h4-9,16,19H,1-3H3. The Labute approximate surface area is 129 Å². The zero-order valence-electron chi connectivity index (χ0n) is 11.7. The molecule has 2 nitrogen and oxygen atoms in total. The SMILES string of the molecule is CNC(c1ccc(OC)c(Cl)c1)c1ccc(C)cc1Cl. The molecule has 2 rings (SSSR count). The highest BCUT2D eigenvalue weighted by Gasteiger charge is 2.16. The maximum absolute atomic E-state index is 6.35. The van der Waals surface area contributed by atoms with Crippen LogP contribution in [0.1, 0.15) is 22.7 Å². The van der Waals surface area contributed by atoms with Gasteiger partial charge in [0, 0.05) is 5.02 Å². The van der Waals surface area contributed by atoms with Crippen molar-refractivity contribution in [3.05, 3.63) is 63.1 Å². The van der Waals surface area contributed by atoms with E-state index in [2.05, 4.69) is 11.4 Å². The number of ether oxygens (including phenoxy) is 1. The maximum atomic E-state index is 6.35. The van der Waals surface area contributed by atoms with Crippen LogP contribution in [0.4, 0.5) is 0 Å². The molecule has 2 aromatic carbocycles. The molecule has 2 aromatic rings. The number of methoxy groups -OCH3 is 1. The molecule has 0 saturated heterocycles. The van der Waals surface area contributed by atoms with E-state index in [4.69, 9.17) is 27.9 Å². The number of hydrogen-bond donors (Lipinski definition) is 1. The van der Waals surface area contributed by atoms with Gasteiger partial charge in [-0.15, -0.1) is 0 Å². The molecule has 0 radical (unpaired) electrons. The lowest BCUT2D eigenvalue weighted by molar-refractivity contribution is 0.414. The average Bonchev–Trinajstić information content (AvgIpc) is 2.42. The summed E-state index contributed by atoms with van der Waals surface area (Å²) in [6.07, 6.45) is 0. The fourth-order valence-corrected chi connectivity index (χ4v) is 2.84. The van der Waals surface area contributed by atoms with E-state index in [0.717, 1.165) is 21.7 Å². The summed E-state index contributed by atoms with van der Waals surface area (Å²) in [7, 11) is 3.51. The molecule has 1 atom stereocenters. The van der Waals surface area contributed by atoms with Gasteiger partial charge < -0.3 is 10.1 Å². The predicted octanol–water partition coefficient (Wildman–Crippen LogP) is 4.62. The molecule has 20 heavy (non-hydrogen) atoms. The molecular weight excluding hydrogens is 293 g/mol. The minimum Gasteiger partial charge on any atom is -0.495 e. The number of nitrogens with one attached hydrogen (secondary N) is 1. The Hall–Kier alpha value is -1.22. The van der Waals surface area contributed by atoms with Crippen LogP contribution in [0.5, 0.6) is 5.75 Å². The first kappa shape index (κ1) is 15.2. The van der Waals surface area contributed by atoms with Crippen molar-refractivity contribution >= 4 is 23.2 Å². The zero-order chi connectivity index (χ0) is 14.7. The van der Waals surface area contributed by atoms with Crippen molar-refractivity contribution in [1.82, 2.24) is 5.32 Å². The smallest absolute Gasteiger partial charge is 0.137 e. The van der Waals surface area contributed by atoms with Gasteiger partial charge in [0.1, 0.15) is 5.75 Å². The molecule has 0 spiro atoms. The molecule has 0 aromatic heterocycles. The third kappa shape index (κ3) is 3.09. The van der Waals surface area contributed by atoms with Crippen LogP contribution < -0.4 is 10.1 Å². The van der Waals surface area contributed by atoms with Crippen LogP contribution >= 0.6 is 23.2 Å². The highest BCUT2D eigenvalue weighted by Crippen LogP contribution is 2.33. The van der Waals surface area contributed by atoms with Gasteiger partial charge >= 0.3 is 0 Å². The van der Waals surface area contributed by atoms with Crippen LogP contribution in [-0.2, 0) is 0 Å². The monoisotopic (exact) mass is 309 g/mol. The van der Waals surface area contributed by atoms with Crippen molar-refractivity contribution in [2.75, 3.05) is 14.2 Å². The first-order chi connectivity index (χ1) is 9.56. The first-order valence-electron chi connectivity index (χ1n) is 6.33. The van der Waals surface area contributed by atoms with E-state index in [1.807, 2.05) is 44.3 Å². The van der Waals surface area contributed by atoms with Crippen LogP contribution in [-0.4, -0.2) is 14.2 Å². The molecule has 0 aliphatic heterocycles. The quantitative estimate of drug-likeness (QED) is 0.890. The average molecular weight is 310 g/mol. The summed E-state index contributed by atoms with van der Waals surface area (Å²) < 4.78 is 5.18.